The summed E-state index contributed by atoms with van der Waals surface area (Å²) in [4.78, 5) is 20.2. The number of carboxylic acid groups (broad SMARTS) is 2. The molecule has 10 heteroatoms. The van der Waals surface area contributed by atoms with Gasteiger partial charge in [0.15, 0.2) is 5.92 Å². The fourth-order valence-electron chi connectivity index (χ4n) is 0.940. The maximum atomic E-state index is 12.1. The van der Waals surface area contributed by atoms with Gasteiger partial charge in [-0.3, -0.25) is 0 Å². The van der Waals surface area contributed by atoms with Gasteiger partial charge in [0.05, 0.1) is 5.57 Å². The largest absolute Gasteiger partial charge is 0.478 e. The maximum absolute atomic E-state index is 12.1. The molecular formula is C7H4F6O4. The molecule has 0 aromatic rings. The highest BCUT2D eigenvalue weighted by Crippen LogP contribution is 2.43. The van der Waals surface area contributed by atoms with Crippen LogP contribution in [0.3, 0.4) is 0 Å². The number of aliphatic carboxylic acids is 2. The second-order valence-corrected chi connectivity index (χ2v) is 2.76. The van der Waals surface area contributed by atoms with Crippen LogP contribution < -0.4 is 0 Å². The molecule has 0 heterocycles. The van der Waals surface area contributed by atoms with Crippen LogP contribution in [-0.2, 0) is 9.59 Å². The van der Waals surface area contributed by atoms with E-state index in [0.29, 0.717) is 0 Å². The molecule has 0 rings (SSSR count). The molecule has 98 valence electrons. The molecule has 0 saturated heterocycles. The lowest BCUT2D eigenvalue weighted by molar-refractivity contribution is -0.271. The first-order chi connectivity index (χ1) is 7.37. The van der Waals surface area contributed by atoms with Crippen LogP contribution in [0.1, 0.15) is 0 Å². The zero-order valence-corrected chi connectivity index (χ0v) is 7.63. The van der Waals surface area contributed by atoms with Crippen LogP contribution in [0, 0.1) is 5.92 Å². The highest BCUT2D eigenvalue weighted by molar-refractivity contribution is 5.95. The van der Waals surface area contributed by atoms with Gasteiger partial charge in [0.25, 0.3) is 0 Å². The molecule has 4 nitrogen and oxygen atoms in total. The minimum atomic E-state index is -5.95. The Balaban J connectivity index is 5.74. The van der Waals surface area contributed by atoms with Crippen LogP contribution in [0.2, 0.25) is 0 Å². The number of carbonyl (C=O) groups is 2. The summed E-state index contributed by atoms with van der Waals surface area (Å²) in [6, 6.07) is 0. The summed E-state index contributed by atoms with van der Waals surface area (Å²) in [6.07, 6.45) is -12.5. The second-order valence-electron chi connectivity index (χ2n) is 2.76. The Hall–Kier alpha value is -1.74. The Bertz CT molecular complexity index is 338. The highest BCUT2D eigenvalue weighted by Gasteiger charge is 2.60. The second kappa shape index (κ2) is 4.63. The Morgan fingerprint density at radius 3 is 1.47 bits per heavy atom. The molecule has 0 aromatic carbocycles. The van der Waals surface area contributed by atoms with Crippen molar-refractivity contribution >= 4 is 11.9 Å². The Kier molecular flexibility index (Phi) is 4.16. The zero-order valence-electron chi connectivity index (χ0n) is 7.63. The molecule has 0 bridgehead atoms. The molecule has 0 aromatic heterocycles. The summed E-state index contributed by atoms with van der Waals surface area (Å²) >= 11 is 0. The third kappa shape index (κ3) is 4.33. The molecule has 0 radical (unpaired) electrons. The number of halogens is 6. The van der Waals surface area contributed by atoms with Crippen molar-refractivity contribution in [3.05, 3.63) is 11.6 Å². The van der Waals surface area contributed by atoms with E-state index in [-0.39, 0.29) is 0 Å². The van der Waals surface area contributed by atoms with Gasteiger partial charge < -0.3 is 10.2 Å². The molecular weight excluding hydrogens is 262 g/mol. The van der Waals surface area contributed by atoms with Crippen molar-refractivity contribution in [3.63, 3.8) is 0 Å². The van der Waals surface area contributed by atoms with E-state index in [1.807, 2.05) is 0 Å². The van der Waals surface area contributed by atoms with Crippen molar-refractivity contribution in [2.24, 2.45) is 5.92 Å². The molecule has 0 amide bonds. The predicted octanol–water partition coefficient (Wildman–Crippen LogP) is 1.82. The smallest absolute Gasteiger partial charge is 0.404 e. The number of alkyl halides is 6. The van der Waals surface area contributed by atoms with Crippen LogP contribution in [0.25, 0.3) is 0 Å². The summed E-state index contributed by atoms with van der Waals surface area (Å²) in [7, 11) is 0. The lowest BCUT2D eigenvalue weighted by atomic mass is 9.97. The van der Waals surface area contributed by atoms with E-state index in [9.17, 15) is 35.9 Å². The summed E-state index contributed by atoms with van der Waals surface area (Å²) in [5.41, 5.74) is -2.29. The van der Waals surface area contributed by atoms with Gasteiger partial charge in [-0.05, 0) is 0 Å². The topological polar surface area (TPSA) is 74.6 Å². The first-order valence-corrected chi connectivity index (χ1v) is 3.68. The number of rotatable bonds is 3. The fraction of sp³-hybridized carbons (Fsp3) is 0.429. The van der Waals surface area contributed by atoms with Gasteiger partial charge in [0.2, 0.25) is 0 Å². The third-order valence-corrected chi connectivity index (χ3v) is 1.49. The van der Waals surface area contributed by atoms with Crippen molar-refractivity contribution in [3.8, 4) is 0 Å². The van der Waals surface area contributed by atoms with E-state index >= 15 is 0 Å². The summed E-state index contributed by atoms with van der Waals surface area (Å²) in [5.74, 6) is -9.17. The first-order valence-electron chi connectivity index (χ1n) is 3.68. The monoisotopic (exact) mass is 266 g/mol. The minimum absolute atomic E-state index is 0.631. The summed E-state index contributed by atoms with van der Waals surface area (Å²) in [6.45, 7) is 0. The lowest BCUT2D eigenvalue weighted by Gasteiger charge is -2.23. The van der Waals surface area contributed by atoms with Crippen molar-refractivity contribution in [2.45, 2.75) is 12.4 Å². The molecule has 0 fully saturated rings. The van der Waals surface area contributed by atoms with Crippen LogP contribution in [0.4, 0.5) is 26.3 Å². The fourth-order valence-corrected chi connectivity index (χ4v) is 0.940. The quantitative estimate of drug-likeness (QED) is 0.603. The molecule has 0 saturated carbocycles. The van der Waals surface area contributed by atoms with E-state index in [2.05, 4.69) is 0 Å². The van der Waals surface area contributed by atoms with E-state index in [1.165, 1.54) is 0 Å². The molecule has 0 aliphatic rings. The summed E-state index contributed by atoms with van der Waals surface area (Å²) < 4.78 is 72.4. The van der Waals surface area contributed by atoms with Gasteiger partial charge in [-0.1, -0.05) is 0 Å². The summed E-state index contributed by atoms with van der Waals surface area (Å²) in [5, 5.41) is 16.2. The average molecular weight is 266 g/mol. The Morgan fingerprint density at radius 2 is 1.29 bits per heavy atom. The molecule has 0 aliphatic carbocycles. The van der Waals surface area contributed by atoms with Gasteiger partial charge in [-0.2, -0.15) is 26.3 Å². The van der Waals surface area contributed by atoms with Crippen molar-refractivity contribution < 1.29 is 46.1 Å². The average Bonchev–Trinajstić information content (AvgIpc) is 1.95. The molecule has 0 spiro atoms. The van der Waals surface area contributed by atoms with Crippen LogP contribution in [0.5, 0.6) is 0 Å². The third-order valence-electron chi connectivity index (χ3n) is 1.49. The van der Waals surface area contributed by atoms with E-state index in [0.717, 1.165) is 0 Å². The Morgan fingerprint density at radius 1 is 0.941 bits per heavy atom. The number of carboxylic acids is 2. The zero-order chi connectivity index (χ0) is 14.0. The van der Waals surface area contributed by atoms with Crippen LogP contribution in [0.15, 0.2) is 11.6 Å². The molecule has 2 N–H and O–H groups in total. The number of hydrogen-bond donors (Lipinski definition) is 2. The lowest BCUT2D eigenvalue weighted by Crippen LogP contribution is -2.40. The van der Waals surface area contributed by atoms with E-state index in [1.54, 1.807) is 0 Å². The van der Waals surface area contributed by atoms with Crippen LogP contribution >= 0.6 is 0 Å². The van der Waals surface area contributed by atoms with Gasteiger partial charge >= 0.3 is 24.3 Å². The predicted molar refractivity (Wildman–Crippen MR) is 39.0 cm³/mol. The van der Waals surface area contributed by atoms with Crippen LogP contribution in [-0.4, -0.2) is 34.5 Å². The molecule has 0 atom stereocenters. The van der Waals surface area contributed by atoms with Gasteiger partial charge in [-0.25, -0.2) is 9.59 Å². The molecule has 17 heavy (non-hydrogen) atoms. The minimum Gasteiger partial charge on any atom is -0.478 e. The standard InChI is InChI=1S/C7H4F6O4/c8-6(9,10)4(7(11,12)13)2(5(16)17)1-3(14)15/h1,4H,(H,14,15)(H,16,17)/b2-1+. The first kappa shape index (κ1) is 15.3. The Labute approximate surface area is 89.1 Å². The SMILES string of the molecule is O=C(O)/C=C(/C(=O)O)C(C(F)(F)F)C(F)(F)F. The number of hydrogen-bond acceptors (Lipinski definition) is 2. The maximum Gasteiger partial charge on any atom is 0.404 e. The normalized spacial score (nSPS) is 13.9. The van der Waals surface area contributed by atoms with E-state index in [4.69, 9.17) is 10.2 Å². The van der Waals surface area contributed by atoms with Gasteiger partial charge in [-0.15, -0.1) is 0 Å². The van der Waals surface area contributed by atoms with Gasteiger partial charge in [0, 0.05) is 6.08 Å². The highest BCUT2D eigenvalue weighted by atomic mass is 19.4. The molecule has 0 unspecified atom stereocenters. The van der Waals surface area contributed by atoms with Gasteiger partial charge in [0.1, 0.15) is 0 Å². The molecule has 0 aliphatic heterocycles. The van der Waals surface area contributed by atoms with E-state index < -0.39 is 41.9 Å². The van der Waals surface area contributed by atoms with Crippen molar-refractivity contribution in [2.75, 3.05) is 0 Å². The van der Waals surface area contributed by atoms with Crippen molar-refractivity contribution in [1.82, 2.24) is 0 Å². The van der Waals surface area contributed by atoms with Crippen molar-refractivity contribution in [1.29, 1.82) is 0 Å².